The Labute approximate surface area is 108 Å². The molecule has 0 saturated heterocycles. The first-order valence-electron chi connectivity index (χ1n) is 4.79. The minimum atomic E-state index is 0.698. The molecule has 0 saturated carbocycles. The van der Waals surface area contributed by atoms with Crippen molar-refractivity contribution in [2.75, 3.05) is 0 Å². The normalized spacial score (nSPS) is 10.9. The van der Waals surface area contributed by atoms with Crippen LogP contribution in [0.25, 0.3) is 0 Å². The molecule has 0 amide bonds. The molecule has 16 heavy (non-hydrogen) atoms. The van der Waals surface area contributed by atoms with E-state index in [1.165, 1.54) is 0 Å². The van der Waals surface area contributed by atoms with Gasteiger partial charge >= 0.3 is 0 Å². The van der Waals surface area contributed by atoms with E-state index in [1.54, 1.807) is 0 Å². The summed E-state index contributed by atoms with van der Waals surface area (Å²) in [6.45, 7) is 0. The van der Waals surface area contributed by atoms with Crippen molar-refractivity contribution in [3.63, 3.8) is 0 Å². The quantitative estimate of drug-likeness (QED) is 0.702. The minimum absolute atomic E-state index is 0.698. The molecule has 0 spiro atoms. The van der Waals surface area contributed by atoms with Gasteiger partial charge in [0.25, 0.3) is 0 Å². The number of nitrogens with zero attached hydrogens (tertiary/aromatic N) is 1. The Morgan fingerprint density at radius 3 is 2.62 bits per heavy atom. The molecule has 0 radical (unpaired) electrons. The number of hydrogen-bond donors (Lipinski definition) is 0. The van der Waals surface area contributed by atoms with Gasteiger partial charge in [-0.3, -0.25) is 4.99 Å². The van der Waals surface area contributed by atoms with Gasteiger partial charge in [0.1, 0.15) is 0 Å². The Balaban J connectivity index is 2.21. The summed E-state index contributed by atoms with van der Waals surface area (Å²) in [6.07, 6.45) is 1.82. The van der Waals surface area contributed by atoms with E-state index in [4.69, 9.17) is 11.6 Å². The van der Waals surface area contributed by atoms with Crippen molar-refractivity contribution >= 4 is 39.4 Å². The maximum atomic E-state index is 5.87. The first kappa shape index (κ1) is 11.4. The summed E-state index contributed by atoms with van der Waals surface area (Å²) in [4.78, 5) is 4.35. The van der Waals surface area contributed by atoms with Gasteiger partial charge in [0, 0.05) is 15.7 Å². The smallest absolute Gasteiger partial charge is 0.0644 e. The lowest BCUT2D eigenvalue weighted by Crippen LogP contribution is -1.79. The highest BCUT2D eigenvalue weighted by Crippen LogP contribution is 2.18. The van der Waals surface area contributed by atoms with E-state index in [-0.39, 0.29) is 0 Å². The minimum Gasteiger partial charge on any atom is -0.256 e. The summed E-state index contributed by atoms with van der Waals surface area (Å²) < 4.78 is 1.04. The standard InChI is InChI=1S/C13H9BrClN/c14-11-4-1-3-10(7-11)9-16-13-6-2-5-12(15)8-13/h1-9H. The van der Waals surface area contributed by atoms with Crippen LogP contribution in [0, 0.1) is 0 Å². The van der Waals surface area contributed by atoms with Crippen molar-refractivity contribution in [3.8, 4) is 0 Å². The van der Waals surface area contributed by atoms with Crippen LogP contribution in [0.1, 0.15) is 5.56 Å². The van der Waals surface area contributed by atoms with E-state index in [9.17, 15) is 0 Å². The van der Waals surface area contributed by atoms with Crippen LogP contribution < -0.4 is 0 Å². The summed E-state index contributed by atoms with van der Waals surface area (Å²) in [5, 5.41) is 0.698. The van der Waals surface area contributed by atoms with Gasteiger partial charge in [-0.2, -0.15) is 0 Å². The van der Waals surface area contributed by atoms with Crippen molar-refractivity contribution in [2.45, 2.75) is 0 Å². The van der Waals surface area contributed by atoms with E-state index < -0.39 is 0 Å². The van der Waals surface area contributed by atoms with Crippen LogP contribution in [0.15, 0.2) is 58.0 Å². The summed E-state index contributed by atoms with van der Waals surface area (Å²) in [7, 11) is 0. The maximum absolute atomic E-state index is 5.87. The average molecular weight is 295 g/mol. The fraction of sp³-hybridized carbons (Fsp3) is 0. The molecule has 2 aromatic carbocycles. The monoisotopic (exact) mass is 293 g/mol. The summed E-state index contributed by atoms with van der Waals surface area (Å²) >= 11 is 9.29. The summed E-state index contributed by atoms with van der Waals surface area (Å²) in [5.41, 5.74) is 1.90. The Kier molecular flexibility index (Phi) is 3.75. The molecule has 0 aromatic heterocycles. The van der Waals surface area contributed by atoms with Crippen LogP contribution in [0.2, 0.25) is 5.02 Å². The molecule has 0 bridgehead atoms. The highest BCUT2D eigenvalue weighted by molar-refractivity contribution is 9.10. The highest BCUT2D eigenvalue weighted by Gasteiger charge is 1.91. The van der Waals surface area contributed by atoms with E-state index >= 15 is 0 Å². The molecule has 0 aliphatic heterocycles. The lowest BCUT2D eigenvalue weighted by atomic mass is 10.2. The Hall–Kier alpha value is -1.12. The zero-order valence-corrected chi connectivity index (χ0v) is 10.7. The predicted octanol–water partition coefficient (Wildman–Crippen LogP) is 4.85. The average Bonchev–Trinajstić information content (AvgIpc) is 2.27. The topological polar surface area (TPSA) is 12.4 Å². The second-order valence-corrected chi connectivity index (χ2v) is 4.65. The number of hydrogen-bond acceptors (Lipinski definition) is 1. The molecular formula is C13H9BrClN. The van der Waals surface area contributed by atoms with Crippen LogP contribution in [-0.2, 0) is 0 Å². The van der Waals surface area contributed by atoms with Gasteiger partial charge in [0.15, 0.2) is 0 Å². The summed E-state index contributed by atoms with van der Waals surface area (Å²) in [6, 6.07) is 15.4. The first-order valence-corrected chi connectivity index (χ1v) is 5.96. The highest BCUT2D eigenvalue weighted by atomic mass is 79.9. The van der Waals surface area contributed by atoms with Crippen LogP contribution in [0.5, 0.6) is 0 Å². The van der Waals surface area contributed by atoms with Gasteiger partial charge in [0.05, 0.1) is 5.69 Å². The molecule has 1 nitrogen and oxygen atoms in total. The van der Waals surface area contributed by atoms with Crippen molar-refractivity contribution < 1.29 is 0 Å². The van der Waals surface area contributed by atoms with Crippen molar-refractivity contribution in [2.24, 2.45) is 4.99 Å². The largest absolute Gasteiger partial charge is 0.256 e. The van der Waals surface area contributed by atoms with Gasteiger partial charge in [-0.05, 0) is 35.9 Å². The van der Waals surface area contributed by atoms with E-state index in [1.807, 2.05) is 54.7 Å². The Morgan fingerprint density at radius 2 is 1.88 bits per heavy atom. The fourth-order valence-corrected chi connectivity index (χ4v) is 1.89. The number of aliphatic imine (C=N–C) groups is 1. The molecule has 3 heteroatoms. The third-order valence-corrected chi connectivity index (χ3v) is 2.75. The van der Waals surface area contributed by atoms with Crippen molar-refractivity contribution in [1.82, 2.24) is 0 Å². The zero-order chi connectivity index (χ0) is 11.4. The number of benzene rings is 2. The molecule has 0 fully saturated rings. The molecular weight excluding hydrogens is 286 g/mol. The molecule has 2 rings (SSSR count). The lowest BCUT2D eigenvalue weighted by molar-refractivity contribution is 1.52. The predicted molar refractivity (Wildman–Crippen MR) is 72.8 cm³/mol. The van der Waals surface area contributed by atoms with Crippen LogP contribution >= 0.6 is 27.5 Å². The number of halogens is 2. The Morgan fingerprint density at radius 1 is 1.06 bits per heavy atom. The zero-order valence-electron chi connectivity index (χ0n) is 8.40. The SMILES string of the molecule is Clc1cccc(N=Cc2cccc(Br)c2)c1. The molecule has 0 N–H and O–H groups in total. The summed E-state index contributed by atoms with van der Waals surface area (Å²) in [5.74, 6) is 0. The first-order chi connectivity index (χ1) is 7.74. The second-order valence-electron chi connectivity index (χ2n) is 3.29. The lowest BCUT2D eigenvalue weighted by Gasteiger charge is -1.95. The molecule has 0 atom stereocenters. The Bertz CT molecular complexity index is 475. The van der Waals surface area contributed by atoms with E-state index in [0.717, 1.165) is 15.7 Å². The maximum Gasteiger partial charge on any atom is 0.0644 e. The van der Waals surface area contributed by atoms with Gasteiger partial charge in [-0.15, -0.1) is 0 Å². The van der Waals surface area contributed by atoms with Crippen molar-refractivity contribution in [3.05, 3.63) is 63.6 Å². The molecule has 0 aliphatic carbocycles. The van der Waals surface area contributed by atoms with Gasteiger partial charge in [-0.25, -0.2) is 0 Å². The van der Waals surface area contributed by atoms with E-state index in [0.29, 0.717) is 5.02 Å². The van der Waals surface area contributed by atoms with Crippen LogP contribution in [-0.4, -0.2) is 6.21 Å². The molecule has 80 valence electrons. The molecule has 0 aliphatic rings. The number of rotatable bonds is 2. The van der Waals surface area contributed by atoms with Crippen molar-refractivity contribution in [1.29, 1.82) is 0 Å². The van der Waals surface area contributed by atoms with Crippen LogP contribution in [0.4, 0.5) is 5.69 Å². The molecule has 2 aromatic rings. The van der Waals surface area contributed by atoms with Gasteiger partial charge in [0.2, 0.25) is 0 Å². The van der Waals surface area contributed by atoms with Crippen LogP contribution in [0.3, 0.4) is 0 Å². The van der Waals surface area contributed by atoms with Gasteiger partial charge in [-0.1, -0.05) is 45.7 Å². The molecule has 0 heterocycles. The van der Waals surface area contributed by atoms with E-state index in [2.05, 4.69) is 20.9 Å². The van der Waals surface area contributed by atoms with Gasteiger partial charge < -0.3 is 0 Å². The second kappa shape index (κ2) is 5.28. The molecule has 0 unspecified atom stereocenters. The third kappa shape index (κ3) is 3.19. The fourth-order valence-electron chi connectivity index (χ4n) is 1.29. The third-order valence-electron chi connectivity index (χ3n) is 2.02.